The third kappa shape index (κ3) is 1.84. The molecule has 82 valence electrons. The lowest BCUT2D eigenvalue weighted by Crippen LogP contribution is -2.33. The Kier molecular flexibility index (Phi) is 2.89. The number of rotatable bonds is 2. The molecule has 1 aromatic carbocycles. The molecule has 0 radical (unpaired) electrons. The van der Waals surface area contributed by atoms with Crippen LogP contribution in [-0.4, -0.2) is 13.7 Å². The Morgan fingerprint density at radius 1 is 1.47 bits per heavy atom. The maximum absolute atomic E-state index is 6.31. The number of halogens is 1. The highest BCUT2D eigenvalue weighted by Gasteiger charge is 2.32. The number of hydrogen-bond acceptors (Lipinski definition) is 2. The Labute approximate surface area is 95.6 Å². The van der Waals surface area contributed by atoms with Crippen LogP contribution in [0.3, 0.4) is 0 Å². The van der Waals surface area contributed by atoms with Gasteiger partial charge < -0.3 is 10.1 Å². The zero-order valence-corrected chi connectivity index (χ0v) is 9.90. The molecule has 0 spiro atoms. The molecule has 15 heavy (non-hydrogen) atoms. The molecular weight excluding hydrogens is 210 g/mol. The lowest BCUT2D eigenvalue weighted by Gasteiger charge is -2.26. The summed E-state index contributed by atoms with van der Waals surface area (Å²) >= 11 is 6.31. The van der Waals surface area contributed by atoms with E-state index in [1.807, 2.05) is 12.1 Å². The van der Waals surface area contributed by atoms with Gasteiger partial charge in [0, 0.05) is 5.54 Å². The Bertz CT molecular complexity index is 359. The largest absolute Gasteiger partial charge is 0.495 e. The van der Waals surface area contributed by atoms with Crippen LogP contribution in [0.5, 0.6) is 5.75 Å². The normalized spacial score (nSPS) is 25.5. The minimum atomic E-state index is 0.00558. The molecular formula is C12H16ClNO. The highest BCUT2D eigenvalue weighted by Crippen LogP contribution is 2.38. The SMILES string of the molecule is COc1cccc(C2(C)CCCN2)c1Cl. The average Bonchev–Trinajstić information content (AvgIpc) is 2.66. The summed E-state index contributed by atoms with van der Waals surface area (Å²) in [7, 11) is 1.65. The predicted octanol–water partition coefficient (Wildman–Crippen LogP) is 2.95. The second-order valence-corrected chi connectivity index (χ2v) is 4.56. The highest BCUT2D eigenvalue weighted by atomic mass is 35.5. The van der Waals surface area contributed by atoms with E-state index >= 15 is 0 Å². The zero-order chi connectivity index (χ0) is 10.9. The minimum Gasteiger partial charge on any atom is -0.495 e. The van der Waals surface area contributed by atoms with Gasteiger partial charge in [0.05, 0.1) is 12.1 Å². The molecule has 1 N–H and O–H groups in total. The van der Waals surface area contributed by atoms with E-state index in [1.54, 1.807) is 7.11 Å². The lowest BCUT2D eigenvalue weighted by molar-refractivity contribution is 0.404. The van der Waals surface area contributed by atoms with E-state index in [0.29, 0.717) is 0 Å². The fraction of sp³-hybridized carbons (Fsp3) is 0.500. The van der Waals surface area contributed by atoms with Crippen LogP contribution in [0.1, 0.15) is 25.3 Å². The molecule has 1 aliphatic heterocycles. The maximum Gasteiger partial charge on any atom is 0.137 e. The Morgan fingerprint density at radius 3 is 2.87 bits per heavy atom. The van der Waals surface area contributed by atoms with Crippen LogP contribution < -0.4 is 10.1 Å². The number of nitrogens with one attached hydrogen (secondary N) is 1. The molecule has 2 rings (SSSR count). The van der Waals surface area contributed by atoms with Crippen molar-refractivity contribution in [2.24, 2.45) is 0 Å². The second-order valence-electron chi connectivity index (χ2n) is 4.18. The summed E-state index contributed by atoms with van der Waals surface area (Å²) in [5.41, 5.74) is 1.15. The molecule has 1 saturated heterocycles. The first-order valence-electron chi connectivity index (χ1n) is 5.25. The first-order chi connectivity index (χ1) is 7.17. The number of benzene rings is 1. The number of ether oxygens (including phenoxy) is 1. The van der Waals surface area contributed by atoms with Crippen molar-refractivity contribution < 1.29 is 4.74 Å². The summed E-state index contributed by atoms with van der Waals surface area (Å²) in [5.74, 6) is 0.754. The van der Waals surface area contributed by atoms with E-state index in [1.165, 1.54) is 6.42 Å². The lowest BCUT2D eigenvalue weighted by atomic mass is 9.90. The third-order valence-corrected chi connectivity index (χ3v) is 3.54. The summed E-state index contributed by atoms with van der Waals surface area (Å²) < 4.78 is 5.23. The van der Waals surface area contributed by atoms with Crippen molar-refractivity contribution >= 4 is 11.6 Å². The van der Waals surface area contributed by atoms with Crippen LogP contribution in [0.2, 0.25) is 5.02 Å². The van der Waals surface area contributed by atoms with E-state index in [2.05, 4.69) is 18.3 Å². The molecule has 0 amide bonds. The van der Waals surface area contributed by atoms with Gasteiger partial charge in [0.2, 0.25) is 0 Å². The van der Waals surface area contributed by atoms with E-state index in [0.717, 1.165) is 29.3 Å². The maximum atomic E-state index is 6.31. The summed E-state index contributed by atoms with van der Waals surface area (Å²) in [6.45, 7) is 3.25. The smallest absolute Gasteiger partial charge is 0.137 e. The van der Waals surface area contributed by atoms with Crippen LogP contribution in [0.25, 0.3) is 0 Å². The molecule has 1 unspecified atom stereocenters. The van der Waals surface area contributed by atoms with Crippen molar-refractivity contribution in [2.45, 2.75) is 25.3 Å². The molecule has 2 nitrogen and oxygen atoms in total. The van der Waals surface area contributed by atoms with Crippen LogP contribution >= 0.6 is 11.6 Å². The van der Waals surface area contributed by atoms with E-state index in [-0.39, 0.29) is 5.54 Å². The van der Waals surface area contributed by atoms with Crippen molar-refractivity contribution in [1.29, 1.82) is 0 Å². The fourth-order valence-electron chi connectivity index (χ4n) is 2.22. The molecule has 3 heteroatoms. The summed E-state index contributed by atoms with van der Waals surface area (Å²) in [6.07, 6.45) is 2.32. The number of methoxy groups -OCH3 is 1. The van der Waals surface area contributed by atoms with Gasteiger partial charge in [0.25, 0.3) is 0 Å². The Balaban J connectivity index is 2.43. The Hall–Kier alpha value is -0.730. The molecule has 0 bridgehead atoms. The average molecular weight is 226 g/mol. The van der Waals surface area contributed by atoms with Crippen molar-refractivity contribution in [3.05, 3.63) is 28.8 Å². The van der Waals surface area contributed by atoms with Gasteiger partial charge in [-0.2, -0.15) is 0 Å². The Morgan fingerprint density at radius 2 is 2.27 bits per heavy atom. The zero-order valence-electron chi connectivity index (χ0n) is 9.14. The molecule has 1 fully saturated rings. The fourth-order valence-corrected chi connectivity index (χ4v) is 2.63. The molecule has 0 aliphatic carbocycles. The van der Waals surface area contributed by atoms with Crippen molar-refractivity contribution in [1.82, 2.24) is 5.32 Å². The van der Waals surface area contributed by atoms with Crippen molar-refractivity contribution in [2.75, 3.05) is 13.7 Å². The van der Waals surface area contributed by atoms with Gasteiger partial charge in [0.1, 0.15) is 5.75 Å². The van der Waals surface area contributed by atoms with Gasteiger partial charge in [-0.05, 0) is 37.9 Å². The number of hydrogen-bond donors (Lipinski definition) is 1. The van der Waals surface area contributed by atoms with Crippen LogP contribution in [-0.2, 0) is 5.54 Å². The first kappa shape index (κ1) is 10.8. The van der Waals surface area contributed by atoms with Crippen molar-refractivity contribution in [3.8, 4) is 5.75 Å². The van der Waals surface area contributed by atoms with Gasteiger partial charge in [-0.3, -0.25) is 0 Å². The van der Waals surface area contributed by atoms with E-state index in [4.69, 9.17) is 16.3 Å². The topological polar surface area (TPSA) is 21.3 Å². The first-order valence-corrected chi connectivity index (χ1v) is 5.63. The van der Waals surface area contributed by atoms with Crippen LogP contribution in [0, 0.1) is 0 Å². The highest BCUT2D eigenvalue weighted by molar-refractivity contribution is 6.33. The van der Waals surface area contributed by atoms with E-state index in [9.17, 15) is 0 Å². The van der Waals surface area contributed by atoms with Crippen molar-refractivity contribution in [3.63, 3.8) is 0 Å². The van der Waals surface area contributed by atoms with Gasteiger partial charge in [-0.15, -0.1) is 0 Å². The van der Waals surface area contributed by atoms with Crippen LogP contribution in [0.15, 0.2) is 18.2 Å². The van der Waals surface area contributed by atoms with Gasteiger partial charge in [-0.25, -0.2) is 0 Å². The molecule has 1 atom stereocenters. The predicted molar refractivity (Wildman–Crippen MR) is 62.6 cm³/mol. The molecule has 1 aromatic rings. The second kappa shape index (κ2) is 4.03. The van der Waals surface area contributed by atoms with Crippen LogP contribution in [0.4, 0.5) is 0 Å². The third-order valence-electron chi connectivity index (χ3n) is 3.15. The molecule has 1 aliphatic rings. The molecule has 0 saturated carbocycles. The quantitative estimate of drug-likeness (QED) is 0.836. The molecule has 0 aromatic heterocycles. The standard InChI is InChI=1S/C12H16ClNO/c1-12(7-4-8-14-12)9-5-3-6-10(15-2)11(9)13/h3,5-6,14H,4,7-8H2,1-2H3. The summed E-state index contributed by atoms with van der Waals surface area (Å²) in [4.78, 5) is 0. The van der Waals surface area contributed by atoms with E-state index < -0.39 is 0 Å². The molecule has 1 heterocycles. The van der Waals surface area contributed by atoms with Gasteiger partial charge >= 0.3 is 0 Å². The monoisotopic (exact) mass is 225 g/mol. The summed E-state index contributed by atoms with van der Waals surface area (Å²) in [5, 5.41) is 4.23. The van der Waals surface area contributed by atoms with Gasteiger partial charge in [-0.1, -0.05) is 23.7 Å². The van der Waals surface area contributed by atoms with Gasteiger partial charge in [0.15, 0.2) is 0 Å². The summed E-state index contributed by atoms with van der Waals surface area (Å²) in [6, 6.07) is 5.96. The minimum absolute atomic E-state index is 0.00558.